The van der Waals surface area contributed by atoms with Crippen LogP contribution in [0.1, 0.15) is 10.4 Å². The topological polar surface area (TPSA) is 37.3 Å². The van der Waals surface area contributed by atoms with Crippen LogP contribution in [0.5, 0.6) is 5.75 Å². The lowest BCUT2D eigenvalue weighted by molar-refractivity contribution is 0.102. The van der Waals surface area contributed by atoms with Crippen molar-refractivity contribution in [2.24, 2.45) is 0 Å². The van der Waals surface area contributed by atoms with Crippen molar-refractivity contribution in [1.29, 1.82) is 0 Å². The zero-order valence-electron chi connectivity index (χ0n) is 6.35. The highest BCUT2D eigenvalue weighted by Crippen LogP contribution is 2.30. The smallest absolute Gasteiger partial charge is 0.178 e. The third kappa shape index (κ3) is 2.00. The average Bonchev–Trinajstić information content (AvgIpc) is 2.13. The Labute approximate surface area is 87.5 Å². The van der Waals surface area contributed by atoms with Gasteiger partial charge in [-0.25, -0.2) is 4.39 Å². The number of ketones is 1. The molecule has 0 atom stereocenters. The van der Waals surface area contributed by atoms with Gasteiger partial charge in [0.05, 0.1) is 10.4 Å². The van der Waals surface area contributed by atoms with Crippen molar-refractivity contribution in [1.82, 2.24) is 0 Å². The molecule has 0 bridgehead atoms. The molecule has 13 heavy (non-hydrogen) atoms. The van der Waals surface area contributed by atoms with Crippen LogP contribution in [0.2, 0.25) is 0 Å². The number of Topliss-reactive ketones (excluding diaryl/α,β-unsaturated/α-hetero) is 1. The van der Waals surface area contributed by atoms with Crippen LogP contribution in [0, 0.1) is 5.82 Å². The number of alkyl halides is 1. The van der Waals surface area contributed by atoms with Gasteiger partial charge in [-0.2, -0.15) is 0 Å². The first-order valence-corrected chi connectivity index (χ1v) is 4.66. The SMILES string of the molecule is O=C(CCl)c1ccc(F)c(O)c1Br. The molecule has 0 fully saturated rings. The summed E-state index contributed by atoms with van der Waals surface area (Å²) in [5, 5.41) is 9.11. The van der Waals surface area contributed by atoms with Gasteiger partial charge < -0.3 is 5.11 Å². The fourth-order valence-corrected chi connectivity index (χ4v) is 1.51. The van der Waals surface area contributed by atoms with Crippen LogP contribution in [0.15, 0.2) is 16.6 Å². The van der Waals surface area contributed by atoms with E-state index < -0.39 is 11.6 Å². The number of aromatic hydroxyl groups is 1. The second-order valence-electron chi connectivity index (χ2n) is 2.31. The lowest BCUT2D eigenvalue weighted by Gasteiger charge is -2.03. The molecule has 1 aromatic rings. The Balaban J connectivity index is 3.26. The van der Waals surface area contributed by atoms with E-state index in [0.717, 1.165) is 6.07 Å². The molecule has 0 saturated heterocycles. The summed E-state index contributed by atoms with van der Waals surface area (Å²) in [7, 11) is 0. The highest BCUT2D eigenvalue weighted by molar-refractivity contribution is 9.10. The number of phenols is 1. The number of halogens is 3. The average molecular weight is 267 g/mol. The van der Waals surface area contributed by atoms with Crippen LogP contribution in [0.4, 0.5) is 4.39 Å². The van der Waals surface area contributed by atoms with Crippen LogP contribution < -0.4 is 0 Å². The van der Waals surface area contributed by atoms with Crippen molar-refractivity contribution in [3.8, 4) is 5.75 Å². The van der Waals surface area contributed by atoms with Gasteiger partial charge in [-0.15, -0.1) is 11.6 Å². The number of rotatable bonds is 2. The first-order chi connectivity index (χ1) is 6.07. The summed E-state index contributed by atoms with van der Waals surface area (Å²) >= 11 is 8.21. The maximum Gasteiger partial charge on any atom is 0.178 e. The third-order valence-electron chi connectivity index (χ3n) is 1.49. The van der Waals surface area contributed by atoms with Crippen LogP contribution in [-0.4, -0.2) is 16.8 Å². The number of hydrogen-bond acceptors (Lipinski definition) is 2. The Morgan fingerprint density at radius 1 is 1.62 bits per heavy atom. The largest absolute Gasteiger partial charge is 0.504 e. The second-order valence-corrected chi connectivity index (χ2v) is 3.37. The molecule has 2 nitrogen and oxygen atoms in total. The molecule has 0 radical (unpaired) electrons. The molecular weight excluding hydrogens is 262 g/mol. The van der Waals surface area contributed by atoms with Crippen molar-refractivity contribution in [2.45, 2.75) is 0 Å². The van der Waals surface area contributed by atoms with Crippen molar-refractivity contribution in [2.75, 3.05) is 5.88 Å². The molecule has 0 amide bonds. The first kappa shape index (κ1) is 10.5. The normalized spacial score (nSPS) is 10.1. The number of carbonyl (C=O) groups is 1. The summed E-state index contributed by atoms with van der Waals surface area (Å²) < 4.78 is 12.7. The van der Waals surface area contributed by atoms with Crippen LogP contribution in [0.3, 0.4) is 0 Å². The third-order valence-corrected chi connectivity index (χ3v) is 2.53. The molecule has 1 aromatic carbocycles. The van der Waals surface area contributed by atoms with Gasteiger partial charge in [0, 0.05) is 5.56 Å². The number of benzene rings is 1. The van der Waals surface area contributed by atoms with E-state index in [4.69, 9.17) is 16.7 Å². The minimum Gasteiger partial charge on any atom is -0.504 e. The second kappa shape index (κ2) is 4.07. The van der Waals surface area contributed by atoms with E-state index in [9.17, 15) is 9.18 Å². The Morgan fingerprint density at radius 3 is 2.77 bits per heavy atom. The Kier molecular flexibility index (Phi) is 3.27. The standard InChI is InChI=1S/C8H5BrClFO2/c9-7-4(6(12)3-10)1-2-5(11)8(7)13/h1-2,13H,3H2. The molecule has 1 rings (SSSR count). The Bertz CT molecular complexity index is 354. The van der Waals surface area contributed by atoms with Gasteiger partial charge in [0.2, 0.25) is 0 Å². The fraction of sp³-hybridized carbons (Fsp3) is 0.125. The summed E-state index contributed by atoms with van der Waals surface area (Å²) in [6, 6.07) is 2.28. The minimum atomic E-state index is -0.780. The van der Waals surface area contributed by atoms with E-state index in [-0.39, 0.29) is 21.7 Å². The zero-order valence-corrected chi connectivity index (χ0v) is 8.69. The molecule has 5 heteroatoms. The molecule has 0 aliphatic heterocycles. The molecule has 0 aromatic heterocycles. The molecule has 70 valence electrons. The van der Waals surface area contributed by atoms with E-state index in [1.54, 1.807) is 0 Å². The Morgan fingerprint density at radius 2 is 2.23 bits per heavy atom. The molecule has 0 unspecified atom stereocenters. The fourth-order valence-electron chi connectivity index (χ4n) is 0.828. The predicted molar refractivity (Wildman–Crippen MR) is 50.8 cm³/mol. The van der Waals surface area contributed by atoms with E-state index in [1.807, 2.05) is 0 Å². The number of carbonyl (C=O) groups excluding carboxylic acids is 1. The van der Waals surface area contributed by atoms with Crippen LogP contribution in [-0.2, 0) is 0 Å². The first-order valence-electron chi connectivity index (χ1n) is 3.34. The predicted octanol–water partition coefficient (Wildman–Crippen LogP) is 2.72. The maximum atomic E-state index is 12.7. The van der Waals surface area contributed by atoms with Gasteiger partial charge in [-0.05, 0) is 28.1 Å². The van der Waals surface area contributed by atoms with Gasteiger partial charge in [0.1, 0.15) is 0 Å². The molecular formula is C8H5BrClFO2. The summed E-state index contributed by atoms with van der Waals surface area (Å²) in [5.74, 6) is -1.93. The molecule has 0 heterocycles. The van der Waals surface area contributed by atoms with Gasteiger partial charge in [0.15, 0.2) is 17.3 Å². The van der Waals surface area contributed by atoms with Crippen molar-refractivity contribution < 1.29 is 14.3 Å². The van der Waals surface area contributed by atoms with E-state index >= 15 is 0 Å². The number of phenolic OH excluding ortho intramolecular Hbond substituents is 1. The molecule has 0 aliphatic rings. The van der Waals surface area contributed by atoms with E-state index in [0.29, 0.717) is 0 Å². The monoisotopic (exact) mass is 266 g/mol. The minimum absolute atomic E-state index is 0.0400. The Hall–Kier alpha value is -0.610. The summed E-state index contributed by atoms with van der Waals surface area (Å²) in [5.41, 5.74) is 0.175. The highest BCUT2D eigenvalue weighted by Gasteiger charge is 2.14. The quantitative estimate of drug-likeness (QED) is 0.661. The lowest BCUT2D eigenvalue weighted by atomic mass is 10.1. The molecule has 1 N–H and O–H groups in total. The molecule has 0 aliphatic carbocycles. The summed E-state index contributed by atoms with van der Waals surface area (Å²) in [6.07, 6.45) is 0. The summed E-state index contributed by atoms with van der Waals surface area (Å²) in [4.78, 5) is 11.1. The van der Waals surface area contributed by atoms with Crippen molar-refractivity contribution >= 4 is 33.3 Å². The van der Waals surface area contributed by atoms with E-state index in [1.165, 1.54) is 6.07 Å². The number of hydrogen-bond donors (Lipinski definition) is 1. The van der Waals surface area contributed by atoms with Crippen LogP contribution in [0.25, 0.3) is 0 Å². The van der Waals surface area contributed by atoms with Gasteiger partial charge in [0.25, 0.3) is 0 Å². The molecule has 0 saturated carbocycles. The van der Waals surface area contributed by atoms with Crippen LogP contribution >= 0.6 is 27.5 Å². The van der Waals surface area contributed by atoms with Crippen molar-refractivity contribution in [3.05, 3.63) is 28.0 Å². The molecule has 0 spiro atoms. The van der Waals surface area contributed by atoms with Gasteiger partial charge in [-0.1, -0.05) is 0 Å². The van der Waals surface area contributed by atoms with Gasteiger partial charge in [-0.3, -0.25) is 4.79 Å². The summed E-state index contributed by atoms with van der Waals surface area (Å²) in [6.45, 7) is 0. The zero-order chi connectivity index (χ0) is 10.0. The lowest BCUT2D eigenvalue weighted by Crippen LogP contribution is -2.01. The van der Waals surface area contributed by atoms with E-state index in [2.05, 4.69) is 15.9 Å². The maximum absolute atomic E-state index is 12.7. The highest BCUT2D eigenvalue weighted by atomic mass is 79.9. The van der Waals surface area contributed by atoms with Crippen molar-refractivity contribution in [3.63, 3.8) is 0 Å². The van der Waals surface area contributed by atoms with Gasteiger partial charge >= 0.3 is 0 Å².